The van der Waals surface area contributed by atoms with Crippen LogP contribution in [0.15, 0.2) is 0 Å². The molecule has 0 atom stereocenters. The van der Waals surface area contributed by atoms with Crippen molar-refractivity contribution in [3.8, 4) is 6.07 Å². The minimum Gasteiger partial charge on any atom is -0.338 e. The maximum atomic E-state index is 11.9. The van der Waals surface area contributed by atoms with Crippen molar-refractivity contribution in [3.05, 3.63) is 0 Å². The van der Waals surface area contributed by atoms with Crippen molar-refractivity contribution in [2.75, 3.05) is 0 Å². The molecule has 0 radical (unpaired) electrons. The van der Waals surface area contributed by atoms with Crippen LogP contribution in [0.3, 0.4) is 0 Å². The maximum Gasteiger partial charge on any atom is 0.221 e. The van der Waals surface area contributed by atoms with Gasteiger partial charge in [-0.25, -0.2) is 0 Å². The van der Waals surface area contributed by atoms with Crippen molar-refractivity contribution in [2.24, 2.45) is 5.92 Å². The molecule has 0 spiro atoms. The van der Waals surface area contributed by atoms with Crippen molar-refractivity contribution < 1.29 is 4.79 Å². The Morgan fingerprint density at radius 2 is 1.78 bits per heavy atom. The summed E-state index contributed by atoms with van der Waals surface area (Å²) in [6.07, 6.45) is 8.82. The van der Waals surface area contributed by atoms with Crippen LogP contribution in [0.2, 0.25) is 0 Å². The fourth-order valence-electron chi connectivity index (χ4n) is 2.52. The molecular formula is C15H26N2O. The highest BCUT2D eigenvalue weighted by Crippen LogP contribution is 2.26. The van der Waals surface area contributed by atoms with Crippen LogP contribution in [0, 0.1) is 17.2 Å². The first kappa shape index (κ1) is 15.0. The van der Waals surface area contributed by atoms with E-state index in [4.69, 9.17) is 0 Å². The third-order valence-corrected chi connectivity index (χ3v) is 3.75. The second kappa shape index (κ2) is 7.41. The van der Waals surface area contributed by atoms with Crippen LogP contribution >= 0.6 is 0 Å². The summed E-state index contributed by atoms with van der Waals surface area (Å²) in [5.41, 5.74) is -0.589. The van der Waals surface area contributed by atoms with Crippen LogP contribution in [0.4, 0.5) is 0 Å². The molecule has 0 aliphatic heterocycles. The Kier molecular flexibility index (Phi) is 6.18. The molecule has 0 unspecified atom stereocenters. The molecule has 1 aliphatic rings. The Morgan fingerprint density at radius 1 is 1.22 bits per heavy atom. The summed E-state index contributed by atoms with van der Waals surface area (Å²) in [6, 6.07) is 2.37. The third kappa shape index (κ3) is 5.08. The lowest BCUT2D eigenvalue weighted by molar-refractivity contribution is -0.122. The number of amides is 1. The monoisotopic (exact) mass is 250 g/mol. The standard InChI is InChI=1S/C15H26N2O/c1-13(2)8-9-14(18)17-15(12-16)10-6-4-3-5-7-11-15/h13H,3-11H2,1-2H3,(H,17,18). The van der Waals surface area contributed by atoms with Gasteiger partial charge in [-0.15, -0.1) is 0 Å². The lowest BCUT2D eigenvalue weighted by atomic mass is 9.85. The van der Waals surface area contributed by atoms with Gasteiger partial charge in [0, 0.05) is 6.42 Å². The number of nitrogens with one attached hydrogen (secondary N) is 1. The Labute approximate surface area is 111 Å². The zero-order chi connectivity index (χ0) is 13.4. The Balaban J connectivity index is 2.52. The molecule has 1 N–H and O–H groups in total. The van der Waals surface area contributed by atoms with Gasteiger partial charge in [0.1, 0.15) is 5.54 Å². The lowest BCUT2D eigenvalue weighted by Crippen LogP contribution is -2.47. The van der Waals surface area contributed by atoms with Gasteiger partial charge in [-0.2, -0.15) is 5.26 Å². The molecular weight excluding hydrogens is 224 g/mol. The van der Waals surface area contributed by atoms with E-state index in [1.165, 1.54) is 19.3 Å². The smallest absolute Gasteiger partial charge is 0.221 e. The molecule has 3 nitrogen and oxygen atoms in total. The third-order valence-electron chi connectivity index (χ3n) is 3.75. The van der Waals surface area contributed by atoms with Crippen molar-refractivity contribution in [1.29, 1.82) is 5.26 Å². The lowest BCUT2D eigenvalue weighted by Gasteiger charge is -2.29. The average Bonchev–Trinajstić information content (AvgIpc) is 2.30. The molecule has 1 saturated carbocycles. The number of carbonyl (C=O) groups is 1. The zero-order valence-electron chi connectivity index (χ0n) is 11.8. The van der Waals surface area contributed by atoms with Crippen LogP contribution in [-0.4, -0.2) is 11.4 Å². The highest BCUT2D eigenvalue weighted by Gasteiger charge is 2.31. The number of hydrogen-bond donors (Lipinski definition) is 1. The SMILES string of the molecule is CC(C)CCC(=O)NC1(C#N)CCCCCCC1. The van der Waals surface area contributed by atoms with Crippen LogP contribution in [-0.2, 0) is 4.79 Å². The molecule has 0 saturated heterocycles. The van der Waals surface area contributed by atoms with Gasteiger partial charge < -0.3 is 5.32 Å². The van der Waals surface area contributed by atoms with Gasteiger partial charge in [0.25, 0.3) is 0 Å². The average molecular weight is 250 g/mol. The summed E-state index contributed by atoms with van der Waals surface area (Å²) >= 11 is 0. The predicted octanol–water partition coefficient (Wildman–Crippen LogP) is 3.55. The van der Waals surface area contributed by atoms with E-state index in [-0.39, 0.29) is 5.91 Å². The quantitative estimate of drug-likeness (QED) is 0.829. The predicted molar refractivity (Wildman–Crippen MR) is 72.9 cm³/mol. The summed E-state index contributed by atoms with van der Waals surface area (Å²) < 4.78 is 0. The van der Waals surface area contributed by atoms with E-state index < -0.39 is 5.54 Å². The zero-order valence-corrected chi connectivity index (χ0v) is 11.8. The molecule has 1 aliphatic carbocycles. The van der Waals surface area contributed by atoms with E-state index in [1.54, 1.807) is 0 Å². The molecule has 102 valence electrons. The Bertz CT molecular complexity index is 296. The minimum absolute atomic E-state index is 0.0471. The largest absolute Gasteiger partial charge is 0.338 e. The van der Waals surface area contributed by atoms with E-state index in [2.05, 4.69) is 25.2 Å². The number of hydrogen-bond acceptors (Lipinski definition) is 2. The molecule has 18 heavy (non-hydrogen) atoms. The van der Waals surface area contributed by atoms with E-state index in [1.807, 2.05) is 0 Å². The van der Waals surface area contributed by atoms with Gasteiger partial charge in [-0.05, 0) is 25.2 Å². The van der Waals surface area contributed by atoms with Crippen molar-refractivity contribution >= 4 is 5.91 Å². The summed E-state index contributed by atoms with van der Waals surface area (Å²) in [5.74, 6) is 0.581. The van der Waals surface area contributed by atoms with Gasteiger partial charge in [0.15, 0.2) is 0 Å². The topological polar surface area (TPSA) is 52.9 Å². The maximum absolute atomic E-state index is 11.9. The van der Waals surface area contributed by atoms with Gasteiger partial charge in [0.2, 0.25) is 5.91 Å². The highest BCUT2D eigenvalue weighted by atomic mass is 16.1. The molecule has 3 heteroatoms. The fourth-order valence-corrected chi connectivity index (χ4v) is 2.52. The normalized spacial score (nSPS) is 19.7. The van der Waals surface area contributed by atoms with Gasteiger partial charge in [-0.3, -0.25) is 4.79 Å². The highest BCUT2D eigenvalue weighted by molar-refractivity contribution is 5.77. The first-order valence-electron chi connectivity index (χ1n) is 7.30. The van der Waals surface area contributed by atoms with Crippen molar-refractivity contribution in [1.82, 2.24) is 5.32 Å². The van der Waals surface area contributed by atoms with E-state index in [0.29, 0.717) is 12.3 Å². The first-order chi connectivity index (χ1) is 8.58. The molecule has 0 heterocycles. The molecule has 0 aromatic heterocycles. The number of rotatable bonds is 4. The Hall–Kier alpha value is -1.04. The van der Waals surface area contributed by atoms with Gasteiger partial charge in [-0.1, -0.05) is 46.0 Å². The van der Waals surface area contributed by atoms with Crippen molar-refractivity contribution in [2.45, 2.75) is 77.2 Å². The van der Waals surface area contributed by atoms with Crippen LogP contribution in [0.25, 0.3) is 0 Å². The number of carbonyl (C=O) groups excluding carboxylic acids is 1. The minimum atomic E-state index is -0.589. The molecule has 0 aromatic carbocycles. The van der Waals surface area contributed by atoms with Crippen LogP contribution < -0.4 is 5.32 Å². The summed E-state index contributed by atoms with van der Waals surface area (Å²) in [7, 11) is 0. The van der Waals surface area contributed by atoms with E-state index in [0.717, 1.165) is 32.1 Å². The molecule has 1 amide bonds. The number of nitriles is 1. The molecule has 0 aromatic rings. The van der Waals surface area contributed by atoms with Crippen LogP contribution in [0.1, 0.15) is 71.6 Å². The molecule has 0 bridgehead atoms. The summed E-state index contributed by atoms with van der Waals surface area (Å²) in [4.78, 5) is 11.9. The molecule has 1 rings (SSSR count). The van der Waals surface area contributed by atoms with Gasteiger partial charge in [0.05, 0.1) is 6.07 Å². The van der Waals surface area contributed by atoms with Crippen LogP contribution in [0.5, 0.6) is 0 Å². The van der Waals surface area contributed by atoms with E-state index in [9.17, 15) is 10.1 Å². The van der Waals surface area contributed by atoms with E-state index >= 15 is 0 Å². The van der Waals surface area contributed by atoms with Gasteiger partial charge >= 0.3 is 0 Å². The number of nitrogens with zero attached hydrogens (tertiary/aromatic N) is 1. The van der Waals surface area contributed by atoms with Crippen molar-refractivity contribution in [3.63, 3.8) is 0 Å². The molecule has 1 fully saturated rings. The summed E-state index contributed by atoms with van der Waals surface area (Å²) in [5, 5.41) is 12.4. The fraction of sp³-hybridized carbons (Fsp3) is 0.867. The second-order valence-corrected chi connectivity index (χ2v) is 5.94. The summed E-state index contributed by atoms with van der Waals surface area (Å²) in [6.45, 7) is 4.23. The second-order valence-electron chi connectivity index (χ2n) is 5.94. The first-order valence-corrected chi connectivity index (χ1v) is 7.30. The Morgan fingerprint density at radius 3 is 2.28 bits per heavy atom.